The molecule has 5 heteroatoms. The summed E-state index contributed by atoms with van der Waals surface area (Å²) in [5.41, 5.74) is 1.69. The van der Waals surface area contributed by atoms with Crippen LogP contribution < -0.4 is 10.1 Å². The number of benzene rings is 1. The Morgan fingerprint density at radius 2 is 2.19 bits per heavy atom. The minimum Gasteiger partial charge on any atom is -0.497 e. The van der Waals surface area contributed by atoms with E-state index in [1.165, 1.54) is 6.20 Å². The first kappa shape index (κ1) is 15.9. The molecule has 0 spiro atoms. The molecule has 0 bridgehead atoms. The smallest absolute Gasteiger partial charge is 0.146 e. The van der Waals surface area contributed by atoms with Crippen LogP contribution in [0.2, 0.25) is 0 Å². The summed E-state index contributed by atoms with van der Waals surface area (Å²) in [5, 5.41) is 3.32. The van der Waals surface area contributed by atoms with Crippen LogP contribution in [0.4, 0.5) is 4.39 Å². The summed E-state index contributed by atoms with van der Waals surface area (Å²) in [6.07, 6.45) is 3.52. The van der Waals surface area contributed by atoms with Gasteiger partial charge in [-0.3, -0.25) is 4.98 Å². The largest absolute Gasteiger partial charge is 0.497 e. The molecule has 1 N–H and O–H groups in total. The lowest BCUT2D eigenvalue weighted by Gasteiger charge is -2.20. The molecule has 0 fully saturated rings. The summed E-state index contributed by atoms with van der Waals surface area (Å²) in [5.74, 6) is 0.501. The molecule has 3 nitrogen and oxygen atoms in total. The number of halogens is 2. The summed E-state index contributed by atoms with van der Waals surface area (Å²) < 4.78 is 20.2. The van der Waals surface area contributed by atoms with Gasteiger partial charge < -0.3 is 10.1 Å². The van der Waals surface area contributed by atoms with Gasteiger partial charge in [0.1, 0.15) is 11.6 Å². The van der Waals surface area contributed by atoms with Crippen molar-refractivity contribution in [3.63, 3.8) is 0 Å². The van der Waals surface area contributed by atoms with Gasteiger partial charge in [-0.25, -0.2) is 4.39 Å². The highest BCUT2D eigenvalue weighted by Crippen LogP contribution is 2.28. The number of nitrogens with one attached hydrogen (secondary N) is 1. The van der Waals surface area contributed by atoms with E-state index in [0.29, 0.717) is 12.0 Å². The second-order valence-corrected chi connectivity index (χ2v) is 5.52. The van der Waals surface area contributed by atoms with Gasteiger partial charge in [0.05, 0.1) is 13.3 Å². The molecule has 2 aromatic rings. The molecule has 1 heterocycles. The van der Waals surface area contributed by atoms with Gasteiger partial charge in [0, 0.05) is 22.3 Å². The van der Waals surface area contributed by atoms with Gasteiger partial charge in [0.15, 0.2) is 0 Å². The number of hydrogen-bond acceptors (Lipinski definition) is 3. The van der Waals surface area contributed by atoms with Crippen molar-refractivity contribution >= 4 is 15.9 Å². The van der Waals surface area contributed by atoms with E-state index in [9.17, 15) is 4.39 Å². The Hall–Kier alpha value is -1.46. The van der Waals surface area contributed by atoms with E-state index in [-0.39, 0.29) is 11.9 Å². The van der Waals surface area contributed by atoms with Gasteiger partial charge in [-0.1, -0.05) is 22.9 Å². The van der Waals surface area contributed by atoms with E-state index in [0.717, 1.165) is 22.3 Å². The van der Waals surface area contributed by atoms with Gasteiger partial charge in [-0.15, -0.1) is 0 Å². The number of rotatable bonds is 6. The summed E-state index contributed by atoms with van der Waals surface area (Å²) in [4.78, 5) is 3.81. The standard InChI is InChI=1S/C16H18BrFN2O/c1-3-20-16(13-6-7-19-10-15(13)18)9-11-8-12(21-2)4-5-14(11)17/h4-8,10,16,20H,3,9H2,1-2H3. The van der Waals surface area contributed by atoms with E-state index < -0.39 is 0 Å². The Bertz CT molecular complexity index is 607. The van der Waals surface area contributed by atoms with Crippen molar-refractivity contribution in [1.29, 1.82) is 0 Å². The zero-order valence-electron chi connectivity index (χ0n) is 12.1. The fourth-order valence-electron chi connectivity index (χ4n) is 2.26. The van der Waals surface area contributed by atoms with Crippen LogP contribution in [0.15, 0.2) is 41.1 Å². The lowest BCUT2D eigenvalue weighted by atomic mass is 9.99. The molecular weight excluding hydrogens is 335 g/mol. The Balaban J connectivity index is 2.30. The number of ether oxygens (including phenoxy) is 1. The highest BCUT2D eigenvalue weighted by Gasteiger charge is 2.17. The van der Waals surface area contributed by atoms with Gasteiger partial charge in [-0.2, -0.15) is 0 Å². The molecule has 1 unspecified atom stereocenters. The number of hydrogen-bond donors (Lipinski definition) is 1. The molecule has 1 atom stereocenters. The Morgan fingerprint density at radius 1 is 1.38 bits per heavy atom. The Labute approximate surface area is 132 Å². The molecule has 21 heavy (non-hydrogen) atoms. The molecule has 112 valence electrons. The second-order valence-electron chi connectivity index (χ2n) is 4.67. The van der Waals surface area contributed by atoms with E-state index >= 15 is 0 Å². The van der Waals surface area contributed by atoms with Crippen LogP contribution in [0.1, 0.15) is 24.1 Å². The van der Waals surface area contributed by atoms with Crippen LogP contribution in [0.5, 0.6) is 5.75 Å². The first-order valence-electron chi connectivity index (χ1n) is 6.81. The van der Waals surface area contributed by atoms with Crippen LogP contribution in [0, 0.1) is 5.82 Å². The van der Waals surface area contributed by atoms with Gasteiger partial charge >= 0.3 is 0 Å². The molecule has 1 aromatic heterocycles. The van der Waals surface area contributed by atoms with E-state index in [1.807, 2.05) is 25.1 Å². The average Bonchev–Trinajstić information content (AvgIpc) is 2.49. The molecule has 1 aromatic carbocycles. The summed E-state index contributed by atoms with van der Waals surface area (Å²) in [6.45, 7) is 2.76. The van der Waals surface area contributed by atoms with Crippen molar-refractivity contribution in [2.24, 2.45) is 0 Å². The molecular formula is C16H18BrFN2O. The number of pyridine rings is 1. The van der Waals surface area contributed by atoms with Crippen LogP contribution in [0.3, 0.4) is 0 Å². The maximum Gasteiger partial charge on any atom is 0.146 e. The molecule has 0 aliphatic carbocycles. The van der Waals surface area contributed by atoms with E-state index in [4.69, 9.17) is 4.74 Å². The molecule has 0 radical (unpaired) electrons. The van der Waals surface area contributed by atoms with Gasteiger partial charge in [-0.05, 0) is 42.8 Å². The van der Waals surface area contributed by atoms with Crippen molar-refractivity contribution in [2.45, 2.75) is 19.4 Å². The minimum atomic E-state index is -0.289. The second kappa shape index (κ2) is 7.52. The van der Waals surface area contributed by atoms with Crippen molar-refractivity contribution in [3.8, 4) is 5.75 Å². The maximum absolute atomic E-state index is 14.0. The van der Waals surface area contributed by atoms with E-state index in [2.05, 4.69) is 26.2 Å². The highest BCUT2D eigenvalue weighted by atomic mass is 79.9. The average molecular weight is 353 g/mol. The zero-order chi connectivity index (χ0) is 15.2. The third kappa shape index (κ3) is 4.02. The number of methoxy groups -OCH3 is 1. The Kier molecular flexibility index (Phi) is 5.70. The van der Waals surface area contributed by atoms with Gasteiger partial charge in [0.2, 0.25) is 0 Å². The normalized spacial score (nSPS) is 12.2. The lowest BCUT2D eigenvalue weighted by molar-refractivity contribution is 0.413. The molecule has 0 saturated carbocycles. The van der Waals surface area contributed by atoms with Crippen LogP contribution in [-0.4, -0.2) is 18.6 Å². The van der Waals surface area contributed by atoms with Crippen LogP contribution in [-0.2, 0) is 6.42 Å². The van der Waals surface area contributed by atoms with Gasteiger partial charge in [0.25, 0.3) is 0 Å². The first-order valence-corrected chi connectivity index (χ1v) is 7.60. The zero-order valence-corrected chi connectivity index (χ0v) is 13.7. The summed E-state index contributed by atoms with van der Waals surface area (Å²) in [6, 6.07) is 7.41. The maximum atomic E-state index is 14.0. The summed E-state index contributed by atoms with van der Waals surface area (Å²) in [7, 11) is 1.64. The number of likely N-dealkylation sites (N-methyl/N-ethyl adjacent to an activating group) is 1. The molecule has 0 saturated heterocycles. The quantitative estimate of drug-likeness (QED) is 0.856. The fraction of sp³-hybridized carbons (Fsp3) is 0.312. The number of nitrogens with zero attached hydrogens (tertiary/aromatic N) is 1. The third-order valence-electron chi connectivity index (χ3n) is 3.31. The predicted molar refractivity (Wildman–Crippen MR) is 85.0 cm³/mol. The van der Waals surface area contributed by atoms with Crippen molar-refractivity contribution in [1.82, 2.24) is 10.3 Å². The van der Waals surface area contributed by atoms with Crippen LogP contribution >= 0.6 is 15.9 Å². The first-order chi connectivity index (χ1) is 10.2. The molecule has 0 aliphatic heterocycles. The fourth-order valence-corrected chi connectivity index (χ4v) is 2.67. The van der Waals surface area contributed by atoms with Crippen molar-refractivity contribution in [3.05, 3.63) is 58.1 Å². The topological polar surface area (TPSA) is 34.1 Å². The SMILES string of the molecule is CCNC(Cc1cc(OC)ccc1Br)c1ccncc1F. The van der Waals surface area contributed by atoms with Crippen molar-refractivity contribution in [2.75, 3.05) is 13.7 Å². The van der Waals surface area contributed by atoms with Crippen molar-refractivity contribution < 1.29 is 9.13 Å². The molecule has 0 amide bonds. The molecule has 2 rings (SSSR count). The highest BCUT2D eigenvalue weighted by molar-refractivity contribution is 9.10. The monoisotopic (exact) mass is 352 g/mol. The third-order valence-corrected chi connectivity index (χ3v) is 4.08. The lowest BCUT2D eigenvalue weighted by Crippen LogP contribution is -2.24. The Morgan fingerprint density at radius 3 is 2.86 bits per heavy atom. The van der Waals surface area contributed by atoms with Crippen LogP contribution in [0.25, 0.3) is 0 Å². The predicted octanol–water partition coefficient (Wildman–Crippen LogP) is 3.89. The minimum absolute atomic E-state index is 0.110. The number of aromatic nitrogens is 1. The molecule has 0 aliphatic rings. The summed E-state index contributed by atoms with van der Waals surface area (Å²) >= 11 is 3.54. The van der Waals surface area contributed by atoms with E-state index in [1.54, 1.807) is 19.4 Å².